The predicted molar refractivity (Wildman–Crippen MR) is 65.8 cm³/mol. The molecule has 0 saturated heterocycles. The van der Waals surface area contributed by atoms with Crippen LogP contribution in [-0.4, -0.2) is 24.4 Å². The van der Waals surface area contributed by atoms with E-state index < -0.39 is 11.6 Å². The van der Waals surface area contributed by atoms with Crippen LogP contribution < -0.4 is 0 Å². The van der Waals surface area contributed by atoms with Crippen molar-refractivity contribution < 1.29 is 14.4 Å². The molecule has 0 aliphatic heterocycles. The molecule has 0 N–H and O–H groups in total. The van der Waals surface area contributed by atoms with E-state index in [1.54, 1.807) is 12.1 Å². The van der Waals surface area contributed by atoms with Gasteiger partial charge in [0.1, 0.15) is 5.60 Å². The Morgan fingerprint density at radius 1 is 1.18 bits per heavy atom. The zero-order chi connectivity index (χ0) is 12.9. The van der Waals surface area contributed by atoms with Crippen molar-refractivity contribution in [3.63, 3.8) is 0 Å². The van der Waals surface area contributed by atoms with E-state index in [1.807, 2.05) is 39.0 Å². The van der Waals surface area contributed by atoms with Gasteiger partial charge in [-0.15, -0.1) is 0 Å². The van der Waals surface area contributed by atoms with Crippen LogP contribution in [0.4, 0.5) is 0 Å². The van der Waals surface area contributed by atoms with Crippen LogP contribution >= 0.6 is 0 Å². The van der Waals surface area contributed by atoms with Gasteiger partial charge in [-0.3, -0.25) is 0 Å². The molecule has 0 aromatic heterocycles. The number of benzene rings is 1. The molecule has 0 heterocycles. The fourth-order valence-electron chi connectivity index (χ4n) is 1.08. The summed E-state index contributed by atoms with van der Waals surface area (Å²) in [7, 11) is 1.32. The van der Waals surface area contributed by atoms with Crippen molar-refractivity contribution in [2.24, 2.45) is 5.16 Å². The summed E-state index contributed by atoms with van der Waals surface area (Å²) in [4.78, 5) is 16.9. The molecule has 4 nitrogen and oxygen atoms in total. The predicted octanol–water partition coefficient (Wildman–Crippen LogP) is 2.38. The van der Waals surface area contributed by atoms with E-state index >= 15 is 0 Å². The zero-order valence-electron chi connectivity index (χ0n) is 10.6. The van der Waals surface area contributed by atoms with Gasteiger partial charge in [0.25, 0.3) is 0 Å². The molecule has 17 heavy (non-hydrogen) atoms. The molecule has 0 aliphatic rings. The van der Waals surface area contributed by atoms with Crippen molar-refractivity contribution in [3.8, 4) is 0 Å². The maximum Gasteiger partial charge on any atom is 0.360 e. The van der Waals surface area contributed by atoms with E-state index in [0.717, 1.165) is 0 Å². The largest absolute Gasteiger partial charge is 0.464 e. The van der Waals surface area contributed by atoms with Gasteiger partial charge in [0.15, 0.2) is 5.71 Å². The van der Waals surface area contributed by atoms with Crippen molar-refractivity contribution >= 4 is 11.7 Å². The molecule has 1 rings (SSSR count). The summed E-state index contributed by atoms with van der Waals surface area (Å²) >= 11 is 0. The zero-order valence-corrected chi connectivity index (χ0v) is 10.6. The minimum atomic E-state index is -0.513. The summed E-state index contributed by atoms with van der Waals surface area (Å²) < 4.78 is 4.68. The lowest BCUT2D eigenvalue weighted by Crippen LogP contribution is -2.22. The third-order valence-corrected chi connectivity index (χ3v) is 1.84. The molecule has 92 valence electrons. The van der Waals surface area contributed by atoms with Gasteiger partial charge in [0.05, 0.1) is 7.11 Å². The molecule has 0 unspecified atom stereocenters. The monoisotopic (exact) mass is 235 g/mol. The molecule has 0 aliphatic carbocycles. The highest BCUT2D eigenvalue weighted by molar-refractivity contribution is 6.43. The van der Waals surface area contributed by atoms with E-state index in [9.17, 15) is 4.79 Å². The molecule has 1 aromatic rings. The van der Waals surface area contributed by atoms with Crippen molar-refractivity contribution in [3.05, 3.63) is 35.9 Å². The van der Waals surface area contributed by atoms with Gasteiger partial charge in [-0.2, -0.15) is 0 Å². The highest BCUT2D eigenvalue weighted by Gasteiger charge is 2.18. The first-order valence-electron chi connectivity index (χ1n) is 5.34. The topological polar surface area (TPSA) is 47.9 Å². The Hall–Kier alpha value is -1.84. The van der Waals surface area contributed by atoms with Gasteiger partial charge in [0, 0.05) is 5.56 Å². The normalized spacial score (nSPS) is 12.1. The van der Waals surface area contributed by atoms with Gasteiger partial charge in [-0.05, 0) is 20.8 Å². The quantitative estimate of drug-likeness (QED) is 0.459. The summed E-state index contributed by atoms with van der Waals surface area (Å²) in [6.45, 7) is 5.57. The summed E-state index contributed by atoms with van der Waals surface area (Å²) in [5.41, 5.74) is 0.389. The number of rotatable bonds is 3. The Morgan fingerprint density at radius 2 is 1.76 bits per heavy atom. The number of carbonyl (C=O) groups excluding carboxylic acids is 1. The maximum atomic E-state index is 11.6. The Labute approximate surface area is 101 Å². The van der Waals surface area contributed by atoms with Crippen LogP contribution in [0.25, 0.3) is 0 Å². The molecule has 0 amide bonds. The second kappa shape index (κ2) is 5.48. The second-order valence-electron chi connectivity index (χ2n) is 4.50. The maximum absolute atomic E-state index is 11.6. The van der Waals surface area contributed by atoms with Crippen LogP contribution in [0.2, 0.25) is 0 Å². The SMILES string of the molecule is COC(=O)/C(=N\OC(C)(C)C)c1ccccc1. The number of ether oxygens (including phenoxy) is 1. The highest BCUT2D eigenvalue weighted by Crippen LogP contribution is 2.10. The van der Waals surface area contributed by atoms with Crippen LogP contribution in [0.5, 0.6) is 0 Å². The van der Waals surface area contributed by atoms with Gasteiger partial charge < -0.3 is 9.57 Å². The first kappa shape index (κ1) is 13.2. The first-order chi connectivity index (χ1) is 7.94. The van der Waals surface area contributed by atoms with Gasteiger partial charge in [-0.1, -0.05) is 35.5 Å². The van der Waals surface area contributed by atoms with E-state index in [-0.39, 0.29) is 5.71 Å². The first-order valence-corrected chi connectivity index (χ1v) is 5.34. The number of hydrogen-bond donors (Lipinski definition) is 0. The molecule has 0 fully saturated rings. The molecule has 0 saturated carbocycles. The minimum Gasteiger partial charge on any atom is -0.464 e. The van der Waals surface area contributed by atoms with Crippen LogP contribution in [0.15, 0.2) is 35.5 Å². The van der Waals surface area contributed by atoms with Gasteiger partial charge in [-0.25, -0.2) is 4.79 Å². The van der Waals surface area contributed by atoms with Crippen LogP contribution in [0.3, 0.4) is 0 Å². The number of hydrogen-bond acceptors (Lipinski definition) is 4. The fourth-order valence-corrected chi connectivity index (χ4v) is 1.08. The highest BCUT2D eigenvalue weighted by atomic mass is 16.6. The van der Waals surface area contributed by atoms with Gasteiger partial charge >= 0.3 is 5.97 Å². The molecular weight excluding hydrogens is 218 g/mol. The fraction of sp³-hybridized carbons (Fsp3) is 0.385. The van der Waals surface area contributed by atoms with Crippen molar-refractivity contribution in [2.75, 3.05) is 7.11 Å². The number of esters is 1. The summed E-state index contributed by atoms with van der Waals surface area (Å²) in [5.74, 6) is -0.513. The molecule has 0 atom stereocenters. The van der Waals surface area contributed by atoms with E-state index in [0.29, 0.717) is 5.56 Å². The minimum absolute atomic E-state index is 0.169. The average molecular weight is 235 g/mol. The Morgan fingerprint density at radius 3 is 2.24 bits per heavy atom. The van der Waals surface area contributed by atoms with Crippen LogP contribution in [-0.2, 0) is 14.4 Å². The molecule has 1 aromatic carbocycles. The Balaban J connectivity index is 3.01. The lowest BCUT2D eigenvalue weighted by atomic mass is 10.1. The lowest BCUT2D eigenvalue weighted by Gasteiger charge is -2.16. The van der Waals surface area contributed by atoms with E-state index in [2.05, 4.69) is 9.89 Å². The summed E-state index contributed by atoms with van der Waals surface area (Å²) in [6, 6.07) is 9.07. The summed E-state index contributed by atoms with van der Waals surface area (Å²) in [5, 5.41) is 3.88. The van der Waals surface area contributed by atoms with E-state index in [4.69, 9.17) is 4.84 Å². The van der Waals surface area contributed by atoms with Crippen molar-refractivity contribution in [1.82, 2.24) is 0 Å². The third kappa shape index (κ3) is 4.26. The smallest absolute Gasteiger partial charge is 0.360 e. The Bertz CT molecular complexity index is 404. The van der Waals surface area contributed by atoms with E-state index in [1.165, 1.54) is 7.11 Å². The molecular formula is C13H17NO3. The summed E-state index contributed by atoms with van der Waals surface area (Å²) in [6.07, 6.45) is 0. The molecule has 0 radical (unpaired) electrons. The number of oxime groups is 1. The third-order valence-electron chi connectivity index (χ3n) is 1.84. The molecule has 0 spiro atoms. The number of carbonyl (C=O) groups is 1. The number of nitrogens with zero attached hydrogens (tertiary/aromatic N) is 1. The van der Waals surface area contributed by atoms with Gasteiger partial charge in [0.2, 0.25) is 0 Å². The van der Waals surface area contributed by atoms with Crippen molar-refractivity contribution in [2.45, 2.75) is 26.4 Å². The van der Waals surface area contributed by atoms with Crippen LogP contribution in [0.1, 0.15) is 26.3 Å². The van der Waals surface area contributed by atoms with Crippen molar-refractivity contribution in [1.29, 1.82) is 0 Å². The average Bonchev–Trinajstić information content (AvgIpc) is 2.29. The standard InChI is InChI=1S/C13H17NO3/c1-13(2,3)17-14-11(12(15)16-4)10-8-6-5-7-9-10/h5-9H,1-4H3/b14-11-. The molecule has 4 heteroatoms. The molecule has 0 bridgehead atoms. The number of methoxy groups -OCH3 is 1. The lowest BCUT2D eigenvalue weighted by molar-refractivity contribution is -0.133. The second-order valence-corrected chi connectivity index (χ2v) is 4.50. The Kier molecular flexibility index (Phi) is 4.26. The van der Waals surface area contributed by atoms with Crippen LogP contribution in [0, 0.1) is 0 Å².